The van der Waals surface area contributed by atoms with Crippen LogP contribution < -0.4 is 20.3 Å². The molecule has 140 valence electrons. The third-order valence-corrected chi connectivity index (χ3v) is 4.98. The number of fused-ring (bicyclic) bond motifs is 1. The number of aromatic nitrogens is 2. The van der Waals surface area contributed by atoms with Gasteiger partial charge in [0.15, 0.2) is 11.5 Å². The summed E-state index contributed by atoms with van der Waals surface area (Å²) in [6, 6.07) is 4.12. The van der Waals surface area contributed by atoms with Crippen LogP contribution in [0.25, 0.3) is 0 Å². The Hall–Kier alpha value is -2.25. The molecule has 0 bridgehead atoms. The summed E-state index contributed by atoms with van der Waals surface area (Å²) in [5, 5.41) is 7.36. The maximum Gasteiger partial charge on any atom is 0.287 e. The summed E-state index contributed by atoms with van der Waals surface area (Å²) in [6.45, 7) is 3.32. The number of anilines is 1. The highest BCUT2D eigenvalue weighted by atomic mass is 35.5. The molecule has 1 aromatic heterocycles. The van der Waals surface area contributed by atoms with Gasteiger partial charge in [-0.15, -0.1) is 0 Å². The molecule has 1 N–H and O–H groups in total. The highest BCUT2D eigenvalue weighted by Crippen LogP contribution is 2.33. The molecule has 0 aliphatic carbocycles. The molecule has 0 radical (unpaired) electrons. The van der Waals surface area contributed by atoms with E-state index in [1.54, 1.807) is 27.5 Å². The summed E-state index contributed by atoms with van der Waals surface area (Å²) in [5.41, 5.74) is 2.82. The molecule has 2 aromatic rings. The third kappa shape index (κ3) is 3.78. The predicted octanol–water partition coefficient (Wildman–Crippen LogP) is 1.92. The molecule has 0 unspecified atom stereocenters. The Morgan fingerprint density at radius 2 is 1.92 bits per heavy atom. The van der Waals surface area contributed by atoms with Gasteiger partial charge >= 0.3 is 0 Å². The lowest BCUT2D eigenvalue weighted by Crippen LogP contribution is -2.34. The molecule has 2 heterocycles. The maximum absolute atomic E-state index is 11.8. The Bertz CT molecular complexity index is 853. The fraction of sp³-hybridized carbons (Fsp3) is 0.444. The number of rotatable bonds is 6. The van der Waals surface area contributed by atoms with E-state index in [1.165, 1.54) is 15.8 Å². The van der Waals surface area contributed by atoms with Gasteiger partial charge in [0.25, 0.3) is 5.56 Å². The number of hydrogen-bond donors (Lipinski definition) is 1. The van der Waals surface area contributed by atoms with Crippen LogP contribution in [0.2, 0.25) is 5.02 Å². The van der Waals surface area contributed by atoms with Gasteiger partial charge in [0.2, 0.25) is 0 Å². The average molecular weight is 379 g/mol. The Morgan fingerprint density at radius 1 is 1.23 bits per heavy atom. The van der Waals surface area contributed by atoms with Crippen LogP contribution in [-0.4, -0.2) is 48.5 Å². The molecule has 0 saturated heterocycles. The van der Waals surface area contributed by atoms with Gasteiger partial charge in [0.1, 0.15) is 5.02 Å². The lowest BCUT2D eigenvalue weighted by Gasteiger charge is -2.29. The van der Waals surface area contributed by atoms with E-state index in [9.17, 15) is 4.79 Å². The zero-order valence-corrected chi connectivity index (χ0v) is 16.0. The Labute approximate surface area is 157 Å². The van der Waals surface area contributed by atoms with Crippen molar-refractivity contribution in [2.75, 3.05) is 39.2 Å². The molecule has 1 aromatic carbocycles. The Balaban J connectivity index is 1.61. The van der Waals surface area contributed by atoms with Gasteiger partial charge in [-0.2, -0.15) is 5.10 Å². The first-order valence-corrected chi connectivity index (χ1v) is 8.83. The highest BCUT2D eigenvalue weighted by Gasteiger charge is 2.19. The lowest BCUT2D eigenvalue weighted by molar-refractivity contribution is 0.262. The lowest BCUT2D eigenvalue weighted by atomic mass is 9.99. The van der Waals surface area contributed by atoms with Gasteiger partial charge in [-0.1, -0.05) is 11.6 Å². The SMILES string of the molecule is COc1cc2c(cc1OC)CN(CCNc1cnn(C)c(=O)c1Cl)CC2. The van der Waals surface area contributed by atoms with Crippen molar-refractivity contribution in [3.63, 3.8) is 0 Å². The summed E-state index contributed by atoms with van der Waals surface area (Å²) >= 11 is 6.07. The van der Waals surface area contributed by atoms with Crippen LogP contribution in [0.5, 0.6) is 11.5 Å². The van der Waals surface area contributed by atoms with E-state index in [0.717, 1.165) is 37.6 Å². The molecule has 0 saturated carbocycles. The van der Waals surface area contributed by atoms with E-state index in [0.29, 0.717) is 12.2 Å². The minimum Gasteiger partial charge on any atom is -0.493 e. The summed E-state index contributed by atoms with van der Waals surface area (Å²) in [6.07, 6.45) is 2.54. The summed E-state index contributed by atoms with van der Waals surface area (Å²) in [4.78, 5) is 14.2. The number of aryl methyl sites for hydroxylation is 1. The van der Waals surface area contributed by atoms with Gasteiger partial charge in [-0.25, -0.2) is 4.68 Å². The molecule has 1 aliphatic heterocycles. The van der Waals surface area contributed by atoms with Crippen LogP contribution in [0.15, 0.2) is 23.1 Å². The van der Waals surface area contributed by atoms with Crippen molar-refractivity contribution in [1.29, 1.82) is 0 Å². The summed E-state index contributed by atoms with van der Waals surface area (Å²) < 4.78 is 12.0. The van der Waals surface area contributed by atoms with Crippen molar-refractivity contribution in [2.24, 2.45) is 7.05 Å². The fourth-order valence-electron chi connectivity index (χ4n) is 3.12. The van der Waals surface area contributed by atoms with Crippen molar-refractivity contribution >= 4 is 17.3 Å². The van der Waals surface area contributed by atoms with Crippen molar-refractivity contribution in [3.05, 3.63) is 44.8 Å². The number of ether oxygens (including phenoxy) is 2. The number of nitrogens with one attached hydrogen (secondary N) is 1. The molecule has 7 nitrogen and oxygen atoms in total. The molecule has 8 heteroatoms. The molecule has 3 rings (SSSR count). The smallest absolute Gasteiger partial charge is 0.287 e. The van der Waals surface area contributed by atoms with Crippen molar-refractivity contribution < 1.29 is 9.47 Å². The first kappa shape index (κ1) is 18.5. The van der Waals surface area contributed by atoms with E-state index < -0.39 is 0 Å². The summed E-state index contributed by atoms with van der Waals surface area (Å²) in [5.74, 6) is 1.53. The van der Waals surface area contributed by atoms with Crippen molar-refractivity contribution in [2.45, 2.75) is 13.0 Å². The first-order chi connectivity index (χ1) is 12.5. The van der Waals surface area contributed by atoms with Gasteiger partial charge in [0.05, 0.1) is 26.1 Å². The average Bonchev–Trinajstić information content (AvgIpc) is 2.66. The van der Waals surface area contributed by atoms with E-state index in [4.69, 9.17) is 21.1 Å². The molecule has 1 aliphatic rings. The minimum atomic E-state index is -0.301. The standard InChI is InChI=1S/C18H23ClN4O3/c1-22-18(24)17(19)14(10-21-22)20-5-7-23-6-4-12-8-15(25-2)16(26-3)9-13(12)11-23/h8-10,20H,4-7,11H2,1-3H3. The number of benzene rings is 1. The van der Waals surface area contributed by atoms with E-state index in [-0.39, 0.29) is 10.6 Å². The predicted molar refractivity (Wildman–Crippen MR) is 102 cm³/mol. The normalized spacial score (nSPS) is 14.0. The zero-order valence-electron chi connectivity index (χ0n) is 15.2. The van der Waals surface area contributed by atoms with Gasteiger partial charge < -0.3 is 14.8 Å². The third-order valence-electron chi connectivity index (χ3n) is 4.62. The second-order valence-electron chi connectivity index (χ2n) is 6.23. The van der Waals surface area contributed by atoms with Crippen LogP contribution in [0.3, 0.4) is 0 Å². The highest BCUT2D eigenvalue weighted by molar-refractivity contribution is 6.32. The minimum absolute atomic E-state index is 0.170. The molecule has 0 spiro atoms. The largest absolute Gasteiger partial charge is 0.493 e. The second kappa shape index (κ2) is 7.97. The molecule has 0 fully saturated rings. The number of hydrogen-bond acceptors (Lipinski definition) is 6. The van der Waals surface area contributed by atoms with E-state index in [2.05, 4.69) is 27.4 Å². The van der Waals surface area contributed by atoms with Gasteiger partial charge in [0, 0.05) is 33.2 Å². The van der Waals surface area contributed by atoms with Crippen LogP contribution in [0, 0.1) is 0 Å². The van der Waals surface area contributed by atoms with Gasteiger partial charge in [-0.05, 0) is 29.7 Å². The van der Waals surface area contributed by atoms with Crippen molar-refractivity contribution in [1.82, 2.24) is 14.7 Å². The van der Waals surface area contributed by atoms with E-state index in [1.807, 2.05) is 0 Å². The topological polar surface area (TPSA) is 68.6 Å². The van der Waals surface area contributed by atoms with Crippen molar-refractivity contribution in [3.8, 4) is 11.5 Å². The monoisotopic (exact) mass is 378 g/mol. The number of methoxy groups -OCH3 is 2. The molecule has 0 atom stereocenters. The Kier molecular flexibility index (Phi) is 5.68. The molecular formula is C18H23ClN4O3. The molecular weight excluding hydrogens is 356 g/mol. The van der Waals surface area contributed by atoms with Crippen LogP contribution >= 0.6 is 11.6 Å². The molecule has 26 heavy (non-hydrogen) atoms. The quantitative estimate of drug-likeness (QED) is 0.828. The fourth-order valence-corrected chi connectivity index (χ4v) is 3.35. The van der Waals surface area contributed by atoms with Gasteiger partial charge in [-0.3, -0.25) is 9.69 Å². The van der Waals surface area contributed by atoms with Crippen LogP contribution in [-0.2, 0) is 20.0 Å². The van der Waals surface area contributed by atoms with E-state index >= 15 is 0 Å². The molecule has 0 amide bonds. The zero-order chi connectivity index (χ0) is 18.7. The second-order valence-corrected chi connectivity index (χ2v) is 6.61. The number of nitrogens with zero attached hydrogens (tertiary/aromatic N) is 3. The maximum atomic E-state index is 11.8. The first-order valence-electron chi connectivity index (χ1n) is 8.45. The van der Waals surface area contributed by atoms with Crippen LogP contribution in [0.4, 0.5) is 5.69 Å². The summed E-state index contributed by atoms with van der Waals surface area (Å²) in [7, 11) is 4.88. The number of halogens is 1. The van der Waals surface area contributed by atoms with Crippen LogP contribution in [0.1, 0.15) is 11.1 Å². The Morgan fingerprint density at radius 3 is 2.62 bits per heavy atom.